The molecule has 7 heteroatoms. The van der Waals surface area contributed by atoms with Crippen LogP contribution in [0.1, 0.15) is 53.1 Å². The average Bonchev–Trinajstić information content (AvgIpc) is 2.96. The van der Waals surface area contributed by atoms with Crippen LogP contribution in [-0.4, -0.2) is 38.4 Å². The number of carbonyl (C=O) groups is 1. The van der Waals surface area contributed by atoms with Gasteiger partial charge in [0.25, 0.3) is 11.5 Å². The molecule has 1 atom stereocenters. The predicted octanol–water partition coefficient (Wildman–Crippen LogP) is 5.24. The van der Waals surface area contributed by atoms with Gasteiger partial charge in [0.1, 0.15) is 5.82 Å². The molecule has 198 valence electrons. The second-order valence-electron chi connectivity index (χ2n) is 9.83. The summed E-state index contributed by atoms with van der Waals surface area (Å²) in [5, 5.41) is 1.34. The zero-order valence-corrected chi connectivity index (χ0v) is 22.4. The molecule has 0 aliphatic rings. The molecule has 0 aliphatic carbocycles. The summed E-state index contributed by atoms with van der Waals surface area (Å²) < 4.78 is 1.71. The van der Waals surface area contributed by atoms with Crippen LogP contribution in [-0.2, 0) is 6.54 Å². The number of carbonyl (C=O) groups excluding carboxylic acids is 1. The Morgan fingerprint density at radius 1 is 0.974 bits per heavy atom. The first kappa shape index (κ1) is 26.3. The number of hydrogen-bond acceptors (Lipinski definition) is 5. The van der Waals surface area contributed by atoms with Gasteiger partial charge in [-0.25, -0.2) is 9.97 Å². The summed E-state index contributed by atoms with van der Waals surface area (Å²) in [6, 6.07) is 26.5. The maximum atomic E-state index is 14.1. The molecule has 1 amide bonds. The van der Waals surface area contributed by atoms with Crippen molar-refractivity contribution in [1.29, 1.82) is 0 Å². The number of rotatable bonds is 9. The van der Waals surface area contributed by atoms with Crippen LogP contribution in [0.4, 0.5) is 0 Å². The SMILES string of the molecule is CCC(c1nc2nc3ccccc3cc2c(=O)n1Cc1ccccc1)N(CCCN)C(=O)c1ccc(C)cc1. The number of pyridine rings is 1. The molecule has 39 heavy (non-hydrogen) atoms. The van der Waals surface area contributed by atoms with Crippen molar-refractivity contribution in [3.63, 3.8) is 0 Å². The zero-order chi connectivity index (χ0) is 27.4. The van der Waals surface area contributed by atoms with E-state index < -0.39 is 6.04 Å². The quantitative estimate of drug-likeness (QED) is 0.269. The highest BCUT2D eigenvalue weighted by molar-refractivity contribution is 5.94. The van der Waals surface area contributed by atoms with Crippen LogP contribution >= 0.6 is 0 Å². The van der Waals surface area contributed by atoms with Crippen LogP contribution in [0.2, 0.25) is 0 Å². The van der Waals surface area contributed by atoms with Crippen LogP contribution in [0.5, 0.6) is 0 Å². The Balaban J connectivity index is 1.71. The predicted molar refractivity (Wildman–Crippen MR) is 156 cm³/mol. The van der Waals surface area contributed by atoms with Gasteiger partial charge in [-0.1, -0.05) is 73.2 Å². The van der Waals surface area contributed by atoms with E-state index in [4.69, 9.17) is 15.7 Å². The molecule has 0 spiro atoms. The standard InChI is InChI=1S/C32H33N5O2/c1-3-28(36(19-9-18-33)31(38)24-16-14-22(2)15-17-24)30-35-29-26(20-25-12-7-8-13-27(25)34-29)32(39)37(30)21-23-10-5-4-6-11-23/h4-8,10-17,20,28H,3,9,18-19,21,33H2,1-2H3. The summed E-state index contributed by atoms with van der Waals surface area (Å²) in [5.74, 6) is 0.418. The van der Waals surface area contributed by atoms with Crippen LogP contribution in [0.25, 0.3) is 21.9 Å². The molecule has 2 heterocycles. The molecule has 2 N–H and O–H groups in total. The van der Waals surface area contributed by atoms with Crippen molar-refractivity contribution in [2.24, 2.45) is 5.73 Å². The molecule has 0 saturated carbocycles. The number of amides is 1. The van der Waals surface area contributed by atoms with Crippen molar-refractivity contribution >= 4 is 27.8 Å². The van der Waals surface area contributed by atoms with Crippen LogP contribution < -0.4 is 11.3 Å². The van der Waals surface area contributed by atoms with Crippen molar-refractivity contribution in [1.82, 2.24) is 19.4 Å². The van der Waals surface area contributed by atoms with Crippen LogP contribution in [0.3, 0.4) is 0 Å². The fraction of sp³-hybridized carbons (Fsp3) is 0.250. The Labute approximate surface area is 227 Å². The van der Waals surface area contributed by atoms with Gasteiger partial charge in [0, 0.05) is 17.5 Å². The molecule has 5 aromatic rings. The Hall–Kier alpha value is -4.36. The molecule has 5 rings (SSSR count). The molecule has 1 unspecified atom stereocenters. The first-order valence-electron chi connectivity index (χ1n) is 13.4. The number of aromatic nitrogens is 3. The van der Waals surface area contributed by atoms with Crippen molar-refractivity contribution in [2.45, 2.75) is 39.3 Å². The highest BCUT2D eigenvalue weighted by Crippen LogP contribution is 2.27. The normalized spacial score (nSPS) is 12.1. The third-order valence-corrected chi connectivity index (χ3v) is 7.08. The van der Waals surface area contributed by atoms with Gasteiger partial charge in [0.2, 0.25) is 0 Å². The van der Waals surface area contributed by atoms with Crippen molar-refractivity contribution < 1.29 is 4.79 Å². The summed E-state index contributed by atoms with van der Waals surface area (Å²) >= 11 is 0. The topological polar surface area (TPSA) is 94.1 Å². The van der Waals surface area contributed by atoms with E-state index in [1.807, 2.05) is 104 Å². The second-order valence-corrected chi connectivity index (χ2v) is 9.83. The third kappa shape index (κ3) is 5.45. The fourth-order valence-electron chi connectivity index (χ4n) is 5.00. The Kier molecular flexibility index (Phi) is 7.79. The third-order valence-electron chi connectivity index (χ3n) is 7.08. The molecule has 7 nitrogen and oxygen atoms in total. The smallest absolute Gasteiger partial charge is 0.263 e. The Morgan fingerprint density at radius 2 is 1.69 bits per heavy atom. The van der Waals surface area contributed by atoms with Gasteiger partial charge < -0.3 is 10.6 Å². The lowest BCUT2D eigenvalue weighted by Crippen LogP contribution is -2.40. The molecule has 0 saturated heterocycles. The first-order chi connectivity index (χ1) is 19.0. The second kappa shape index (κ2) is 11.6. The fourth-order valence-corrected chi connectivity index (χ4v) is 5.00. The molecule has 2 aromatic heterocycles. The largest absolute Gasteiger partial charge is 0.330 e. The first-order valence-corrected chi connectivity index (χ1v) is 13.4. The van der Waals surface area contributed by atoms with Crippen molar-refractivity contribution in [3.05, 3.63) is 118 Å². The van der Waals surface area contributed by atoms with Gasteiger partial charge in [-0.15, -0.1) is 0 Å². The molecule has 0 radical (unpaired) electrons. The van der Waals surface area contributed by atoms with Crippen LogP contribution in [0.15, 0.2) is 89.7 Å². The zero-order valence-electron chi connectivity index (χ0n) is 22.4. The van der Waals surface area contributed by atoms with E-state index in [9.17, 15) is 9.59 Å². The van der Waals surface area contributed by atoms with Gasteiger partial charge in [-0.05, 0) is 56.1 Å². The summed E-state index contributed by atoms with van der Waals surface area (Å²) in [5.41, 5.74) is 9.52. The summed E-state index contributed by atoms with van der Waals surface area (Å²) in [4.78, 5) is 39.5. The van der Waals surface area contributed by atoms with Gasteiger partial charge >= 0.3 is 0 Å². The van der Waals surface area contributed by atoms with Crippen molar-refractivity contribution in [2.75, 3.05) is 13.1 Å². The Bertz CT molecular complexity index is 1660. The number of benzene rings is 3. The number of nitrogens with two attached hydrogens (primary N) is 1. The van der Waals surface area contributed by atoms with E-state index in [1.165, 1.54) is 0 Å². The maximum Gasteiger partial charge on any atom is 0.263 e. The number of aryl methyl sites for hydroxylation is 1. The van der Waals surface area contributed by atoms with Gasteiger partial charge in [-0.3, -0.25) is 14.2 Å². The van der Waals surface area contributed by atoms with E-state index in [-0.39, 0.29) is 11.5 Å². The van der Waals surface area contributed by atoms with Gasteiger partial charge in [-0.2, -0.15) is 0 Å². The number of nitrogens with zero attached hydrogens (tertiary/aromatic N) is 4. The average molecular weight is 520 g/mol. The number of para-hydroxylation sites is 1. The lowest BCUT2D eigenvalue weighted by molar-refractivity contribution is 0.0655. The Morgan fingerprint density at radius 3 is 2.41 bits per heavy atom. The summed E-state index contributed by atoms with van der Waals surface area (Å²) in [6.07, 6.45) is 1.20. The maximum absolute atomic E-state index is 14.1. The van der Waals surface area contributed by atoms with E-state index in [0.717, 1.165) is 22.0 Å². The van der Waals surface area contributed by atoms with Crippen molar-refractivity contribution in [3.8, 4) is 0 Å². The molecule has 3 aromatic carbocycles. The van der Waals surface area contributed by atoms with E-state index >= 15 is 0 Å². The van der Waals surface area contributed by atoms with E-state index in [2.05, 4.69) is 0 Å². The molecule has 0 bridgehead atoms. The molecule has 0 aliphatic heterocycles. The monoisotopic (exact) mass is 519 g/mol. The van der Waals surface area contributed by atoms with Gasteiger partial charge in [0.05, 0.1) is 23.5 Å². The number of hydrogen-bond donors (Lipinski definition) is 1. The van der Waals surface area contributed by atoms with Crippen LogP contribution in [0, 0.1) is 6.92 Å². The molecular formula is C32H33N5O2. The summed E-state index contributed by atoms with van der Waals surface area (Å²) in [7, 11) is 0. The molecule has 0 fully saturated rings. The summed E-state index contributed by atoms with van der Waals surface area (Å²) in [6.45, 7) is 5.24. The molecular weight excluding hydrogens is 486 g/mol. The minimum absolute atomic E-state index is 0.109. The highest BCUT2D eigenvalue weighted by atomic mass is 16.2. The minimum atomic E-state index is -0.445. The highest BCUT2D eigenvalue weighted by Gasteiger charge is 2.29. The minimum Gasteiger partial charge on any atom is -0.330 e. The number of fused-ring (bicyclic) bond motifs is 2. The van der Waals surface area contributed by atoms with E-state index in [0.29, 0.717) is 54.9 Å². The van der Waals surface area contributed by atoms with Gasteiger partial charge in [0.15, 0.2) is 5.65 Å². The lowest BCUT2D eigenvalue weighted by Gasteiger charge is -2.32. The lowest BCUT2D eigenvalue weighted by atomic mass is 10.1. The van der Waals surface area contributed by atoms with E-state index in [1.54, 1.807) is 4.57 Å².